The number of nitrogens with zero attached hydrogens (tertiary/aromatic N) is 2. The number of rotatable bonds is 4. The monoisotopic (exact) mass is 468 g/mol. The van der Waals surface area contributed by atoms with Crippen LogP contribution in [0, 0.1) is 0 Å². The SMILES string of the molecule is CC(=O)N1CCN(C(=O)C=Cc2ccc(Sc3ccc(Cl)cc3Cl)c(Cl)c2)CC1. The number of halogens is 3. The molecule has 0 spiro atoms. The van der Waals surface area contributed by atoms with Crippen LogP contribution in [0.4, 0.5) is 0 Å². The molecule has 0 N–H and O–H groups in total. The maximum Gasteiger partial charge on any atom is 0.246 e. The van der Waals surface area contributed by atoms with Crippen LogP contribution in [0.25, 0.3) is 6.08 Å². The van der Waals surface area contributed by atoms with E-state index in [0.29, 0.717) is 41.2 Å². The Hall–Kier alpha value is -1.66. The molecule has 2 amide bonds. The van der Waals surface area contributed by atoms with E-state index < -0.39 is 0 Å². The van der Waals surface area contributed by atoms with E-state index in [1.807, 2.05) is 24.3 Å². The molecule has 0 saturated carbocycles. The van der Waals surface area contributed by atoms with Crippen LogP contribution in [0.5, 0.6) is 0 Å². The molecule has 2 aromatic rings. The fourth-order valence-electron chi connectivity index (χ4n) is 2.89. The maximum atomic E-state index is 12.4. The van der Waals surface area contributed by atoms with E-state index in [-0.39, 0.29) is 11.8 Å². The Bertz CT molecular complexity index is 957. The summed E-state index contributed by atoms with van der Waals surface area (Å²) >= 11 is 20.0. The summed E-state index contributed by atoms with van der Waals surface area (Å²) in [7, 11) is 0. The third-order valence-corrected chi connectivity index (χ3v) is 6.76. The molecule has 1 heterocycles. The van der Waals surface area contributed by atoms with E-state index in [9.17, 15) is 9.59 Å². The van der Waals surface area contributed by atoms with Crippen molar-refractivity contribution in [2.45, 2.75) is 16.7 Å². The summed E-state index contributed by atoms with van der Waals surface area (Å²) in [6, 6.07) is 10.9. The fourth-order valence-corrected chi connectivity index (χ4v) is 4.55. The van der Waals surface area contributed by atoms with Crippen LogP contribution in [0.1, 0.15) is 12.5 Å². The first kappa shape index (κ1) is 22.0. The van der Waals surface area contributed by atoms with Gasteiger partial charge in [0.1, 0.15) is 0 Å². The molecule has 29 heavy (non-hydrogen) atoms. The molecule has 0 atom stereocenters. The van der Waals surface area contributed by atoms with Gasteiger partial charge in [0.15, 0.2) is 0 Å². The highest BCUT2D eigenvalue weighted by molar-refractivity contribution is 7.99. The molecule has 0 bridgehead atoms. The van der Waals surface area contributed by atoms with Gasteiger partial charge in [0.05, 0.1) is 10.0 Å². The second-order valence-corrected chi connectivity index (χ2v) is 8.87. The van der Waals surface area contributed by atoms with Crippen LogP contribution < -0.4 is 0 Å². The van der Waals surface area contributed by atoms with E-state index in [2.05, 4.69) is 0 Å². The quantitative estimate of drug-likeness (QED) is 0.555. The van der Waals surface area contributed by atoms with Gasteiger partial charge in [-0.05, 0) is 42.0 Å². The van der Waals surface area contributed by atoms with Crippen molar-refractivity contribution in [1.29, 1.82) is 0 Å². The van der Waals surface area contributed by atoms with E-state index >= 15 is 0 Å². The third-order valence-electron chi connectivity index (χ3n) is 4.52. The van der Waals surface area contributed by atoms with E-state index in [1.54, 1.807) is 34.9 Å². The lowest BCUT2D eigenvalue weighted by Crippen LogP contribution is -2.49. The zero-order valence-electron chi connectivity index (χ0n) is 15.7. The molecular weight excluding hydrogens is 451 g/mol. The summed E-state index contributed by atoms with van der Waals surface area (Å²) < 4.78 is 0. The molecule has 1 aliphatic heterocycles. The lowest BCUT2D eigenvalue weighted by molar-refractivity contribution is -0.135. The van der Waals surface area contributed by atoms with Crippen molar-refractivity contribution in [3.63, 3.8) is 0 Å². The van der Waals surface area contributed by atoms with Crippen molar-refractivity contribution in [3.05, 3.63) is 63.1 Å². The normalized spacial score (nSPS) is 14.5. The minimum atomic E-state index is -0.0734. The zero-order valence-corrected chi connectivity index (χ0v) is 18.8. The average Bonchev–Trinajstić information content (AvgIpc) is 2.69. The van der Waals surface area contributed by atoms with E-state index in [4.69, 9.17) is 34.8 Å². The topological polar surface area (TPSA) is 40.6 Å². The lowest BCUT2D eigenvalue weighted by Gasteiger charge is -2.33. The van der Waals surface area contributed by atoms with Gasteiger partial charge in [0.25, 0.3) is 0 Å². The van der Waals surface area contributed by atoms with Gasteiger partial charge < -0.3 is 9.80 Å². The number of carbonyl (C=O) groups excluding carboxylic acids is 2. The first-order valence-corrected chi connectivity index (χ1v) is 10.9. The number of piperazine rings is 1. The van der Waals surface area contributed by atoms with Crippen molar-refractivity contribution in [3.8, 4) is 0 Å². The Kier molecular flexibility index (Phi) is 7.52. The maximum absolute atomic E-state index is 12.4. The van der Waals surface area contributed by atoms with Crippen LogP contribution in [0.2, 0.25) is 15.1 Å². The van der Waals surface area contributed by atoms with Crippen molar-refractivity contribution < 1.29 is 9.59 Å². The largest absolute Gasteiger partial charge is 0.339 e. The number of hydrogen-bond donors (Lipinski definition) is 0. The highest BCUT2D eigenvalue weighted by Crippen LogP contribution is 2.38. The van der Waals surface area contributed by atoms with Gasteiger partial charge >= 0.3 is 0 Å². The smallest absolute Gasteiger partial charge is 0.246 e. The summed E-state index contributed by atoms with van der Waals surface area (Å²) in [6.45, 7) is 3.77. The third kappa shape index (κ3) is 5.92. The van der Waals surface area contributed by atoms with Gasteiger partial charge in [0.2, 0.25) is 11.8 Å². The average molecular weight is 470 g/mol. The first-order valence-electron chi connectivity index (χ1n) is 8.98. The van der Waals surface area contributed by atoms with Gasteiger partial charge in [-0.2, -0.15) is 0 Å². The zero-order chi connectivity index (χ0) is 21.0. The Balaban J connectivity index is 1.62. The second kappa shape index (κ2) is 9.90. The molecule has 152 valence electrons. The fraction of sp³-hybridized carbons (Fsp3) is 0.238. The Morgan fingerprint density at radius 2 is 1.48 bits per heavy atom. The molecule has 1 saturated heterocycles. The summed E-state index contributed by atoms with van der Waals surface area (Å²) in [4.78, 5) is 29.0. The summed E-state index contributed by atoms with van der Waals surface area (Å²) in [5, 5.41) is 1.72. The molecule has 8 heteroatoms. The summed E-state index contributed by atoms with van der Waals surface area (Å²) in [6.07, 6.45) is 3.28. The van der Waals surface area contributed by atoms with Gasteiger partial charge in [-0.3, -0.25) is 9.59 Å². The molecule has 0 aliphatic carbocycles. The van der Waals surface area contributed by atoms with Crippen molar-refractivity contribution >= 4 is 64.5 Å². The van der Waals surface area contributed by atoms with Gasteiger partial charge in [-0.15, -0.1) is 0 Å². The minimum absolute atomic E-state index is 0.0418. The highest BCUT2D eigenvalue weighted by atomic mass is 35.5. The Morgan fingerprint density at radius 1 is 0.897 bits per heavy atom. The van der Waals surface area contributed by atoms with E-state index in [1.165, 1.54) is 17.8 Å². The number of hydrogen-bond acceptors (Lipinski definition) is 3. The van der Waals surface area contributed by atoms with Crippen LogP contribution in [0.3, 0.4) is 0 Å². The van der Waals surface area contributed by atoms with Crippen LogP contribution in [-0.4, -0.2) is 47.8 Å². The summed E-state index contributed by atoms with van der Waals surface area (Å²) in [5.41, 5.74) is 0.831. The molecule has 2 aromatic carbocycles. The van der Waals surface area contributed by atoms with Crippen LogP contribution in [0.15, 0.2) is 52.3 Å². The molecule has 1 aliphatic rings. The van der Waals surface area contributed by atoms with Crippen molar-refractivity contribution in [2.24, 2.45) is 0 Å². The summed E-state index contributed by atoms with van der Waals surface area (Å²) in [5.74, 6) is -0.0316. The Labute approximate surface area is 189 Å². The number of benzene rings is 2. The lowest BCUT2D eigenvalue weighted by atomic mass is 10.2. The number of amides is 2. The Morgan fingerprint density at radius 3 is 2.07 bits per heavy atom. The molecular formula is C21H19Cl3N2O2S. The molecule has 0 aromatic heterocycles. The minimum Gasteiger partial charge on any atom is -0.339 e. The molecule has 0 radical (unpaired) electrons. The van der Waals surface area contributed by atoms with Gasteiger partial charge in [-0.25, -0.2) is 0 Å². The highest BCUT2D eigenvalue weighted by Gasteiger charge is 2.20. The predicted molar refractivity (Wildman–Crippen MR) is 120 cm³/mol. The second-order valence-electron chi connectivity index (χ2n) is 6.53. The molecule has 4 nitrogen and oxygen atoms in total. The molecule has 1 fully saturated rings. The first-order chi connectivity index (χ1) is 13.8. The molecule has 3 rings (SSSR count). The molecule has 0 unspecified atom stereocenters. The van der Waals surface area contributed by atoms with Gasteiger partial charge in [0, 0.05) is 54.0 Å². The van der Waals surface area contributed by atoms with Gasteiger partial charge in [-0.1, -0.05) is 52.6 Å². The predicted octanol–water partition coefficient (Wildman–Crippen LogP) is 5.50. The van der Waals surface area contributed by atoms with Crippen molar-refractivity contribution in [1.82, 2.24) is 9.80 Å². The van der Waals surface area contributed by atoms with Crippen LogP contribution >= 0.6 is 46.6 Å². The number of carbonyl (C=O) groups is 2. The standard InChI is InChI=1S/C21H19Cl3N2O2S/c1-14(27)25-8-10-26(11-9-25)21(28)7-3-15-2-5-19(17(23)12-15)29-20-6-4-16(22)13-18(20)24/h2-7,12-13H,8-11H2,1H3. The van der Waals surface area contributed by atoms with Crippen molar-refractivity contribution in [2.75, 3.05) is 26.2 Å². The van der Waals surface area contributed by atoms with E-state index in [0.717, 1.165) is 15.4 Å². The van der Waals surface area contributed by atoms with Crippen LogP contribution in [-0.2, 0) is 9.59 Å².